The molecule has 1 saturated heterocycles. The Morgan fingerprint density at radius 1 is 1.30 bits per heavy atom. The van der Waals surface area contributed by atoms with Gasteiger partial charge in [0.15, 0.2) is 6.61 Å². The van der Waals surface area contributed by atoms with Crippen LogP contribution in [0.5, 0.6) is 0 Å². The summed E-state index contributed by atoms with van der Waals surface area (Å²) in [6, 6.07) is 6.30. The molecular formula is C13H13ClN2O4. The third kappa shape index (κ3) is 3.71. The maximum atomic E-state index is 11.6. The van der Waals surface area contributed by atoms with Gasteiger partial charge in [0.1, 0.15) is 0 Å². The molecule has 1 aliphatic rings. The quantitative estimate of drug-likeness (QED) is 0.840. The van der Waals surface area contributed by atoms with Crippen LogP contribution in [0.3, 0.4) is 0 Å². The summed E-state index contributed by atoms with van der Waals surface area (Å²) in [5.41, 5.74) is 0.741. The maximum Gasteiger partial charge on any atom is 0.324 e. The molecule has 0 radical (unpaired) electrons. The molecule has 1 N–H and O–H groups in total. The van der Waals surface area contributed by atoms with Gasteiger partial charge >= 0.3 is 12.0 Å². The fourth-order valence-corrected chi connectivity index (χ4v) is 1.88. The Kier molecular flexibility index (Phi) is 4.57. The van der Waals surface area contributed by atoms with Gasteiger partial charge in [-0.05, 0) is 17.7 Å². The van der Waals surface area contributed by atoms with Crippen molar-refractivity contribution in [3.63, 3.8) is 0 Å². The monoisotopic (exact) mass is 296 g/mol. The van der Waals surface area contributed by atoms with Crippen LogP contribution >= 0.6 is 11.6 Å². The van der Waals surface area contributed by atoms with Crippen LogP contribution in [-0.2, 0) is 20.7 Å². The third-order valence-electron chi connectivity index (χ3n) is 2.78. The van der Waals surface area contributed by atoms with Crippen molar-refractivity contribution in [1.82, 2.24) is 10.2 Å². The van der Waals surface area contributed by atoms with Crippen LogP contribution in [0.2, 0.25) is 5.02 Å². The van der Waals surface area contributed by atoms with E-state index in [-0.39, 0.29) is 6.42 Å². The molecular weight excluding hydrogens is 284 g/mol. The number of amides is 3. The van der Waals surface area contributed by atoms with E-state index in [1.165, 1.54) is 0 Å². The molecule has 1 aromatic rings. The van der Waals surface area contributed by atoms with E-state index in [2.05, 4.69) is 5.32 Å². The van der Waals surface area contributed by atoms with Crippen molar-refractivity contribution in [2.75, 3.05) is 19.7 Å². The molecule has 0 spiro atoms. The molecule has 0 aliphatic carbocycles. The maximum absolute atomic E-state index is 11.6. The van der Waals surface area contributed by atoms with Gasteiger partial charge in [-0.25, -0.2) is 4.79 Å². The summed E-state index contributed by atoms with van der Waals surface area (Å²) in [5, 5.41) is 3.08. The molecule has 7 heteroatoms. The van der Waals surface area contributed by atoms with Gasteiger partial charge in [0.05, 0.1) is 6.42 Å². The minimum absolute atomic E-state index is 0.0522. The smallest absolute Gasteiger partial charge is 0.324 e. The number of ether oxygens (including phenoxy) is 1. The summed E-state index contributed by atoms with van der Waals surface area (Å²) in [7, 11) is 0. The highest BCUT2D eigenvalue weighted by Gasteiger charge is 2.26. The van der Waals surface area contributed by atoms with Crippen molar-refractivity contribution in [3.05, 3.63) is 34.9 Å². The molecule has 6 nitrogen and oxygen atoms in total. The number of urea groups is 1. The van der Waals surface area contributed by atoms with Crippen LogP contribution < -0.4 is 5.32 Å². The Hall–Kier alpha value is -2.08. The Labute approximate surface area is 120 Å². The topological polar surface area (TPSA) is 75.7 Å². The van der Waals surface area contributed by atoms with Gasteiger partial charge in [-0.3, -0.25) is 14.5 Å². The molecule has 0 saturated carbocycles. The van der Waals surface area contributed by atoms with Gasteiger partial charge in [0.2, 0.25) is 0 Å². The molecule has 20 heavy (non-hydrogen) atoms. The highest BCUT2D eigenvalue weighted by Crippen LogP contribution is 2.10. The van der Waals surface area contributed by atoms with Crippen molar-refractivity contribution in [1.29, 1.82) is 0 Å². The second-order valence-electron chi connectivity index (χ2n) is 4.24. The van der Waals surface area contributed by atoms with E-state index in [1.54, 1.807) is 24.3 Å². The first kappa shape index (κ1) is 14.3. The van der Waals surface area contributed by atoms with E-state index in [4.69, 9.17) is 16.3 Å². The minimum atomic E-state index is -0.528. The van der Waals surface area contributed by atoms with E-state index < -0.39 is 24.5 Å². The molecule has 1 fully saturated rings. The lowest BCUT2D eigenvalue weighted by molar-refractivity contribution is -0.150. The number of rotatable bonds is 4. The summed E-state index contributed by atoms with van der Waals surface area (Å²) in [6.07, 6.45) is 0.0522. The minimum Gasteiger partial charge on any atom is -0.455 e. The molecule has 0 aromatic heterocycles. The van der Waals surface area contributed by atoms with Crippen molar-refractivity contribution in [2.45, 2.75) is 6.42 Å². The number of hydrogen-bond donors (Lipinski definition) is 1. The van der Waals surface area contributed by atoms with E-state index >= 15 is 0 Å². The van der Waals surface area contributed by atoms with Crippen LogP contribution in [-0.4, -0.2) is 42.5 Å². The van der Waals surface area contributed by atoms with Crippen LogP contribution in [0.4, 0.5) is 4.79 Å². The van der Waals surface area contributed by atoms with E-state index in [1.807, 2.05) is 0 Å². The van der Waals surface area contributed by atoms with E-state index in [9.17, 15) is 14.4 Å². The number of nitrogens with one attached hydrogen (secondary N) is 1. The highest BCUT2D eigenvalue weighted by atomic mass is 35.5. The fraction of sp³-hybridized carbons (Fsp3) is 0.308. The Bertz CT molecular complexity index is 530. The van der Waals surface area contributed by atoms with Crippen molar-refractivity contribution in [3.8, 4) is 0 Å². The van der Waals surface area contributed by atoms with Crippen molar-refractivity contribution < 1.29 is 19.1 Å². The lowest BCUT2D eigenvalue weighted by Crippen LogP contribution is -2.37. The molecule has 0 unspecified atom stereocenters. The molecule has 1 aromatic carbocycles. The Balaban J connectivity index is 1.79. The van der Waals surface area contributed by atoms with E-state index in [0.717, 1.165) is 10.5 Å². The lowest BCUT2D eigenvalue weighted by atomic mass is 10.1. The summed E-state index contributed by atoms with van der Waals surface area (Å²) in [5.74, 6) is -1.05. The summed E-state index contributed by atoms with van der Waals surface area (Å²) in [6.45, 7) is 0.287. The number of carbonyl (C=O) groups is 3. The average molecular weight is 297 g/mol. The molecule has 3 amide bonds. The largest absolute Gasteiger partial charge is 0.455 e. The lowest BCUT2D eigenvalue weighted by Gasteiger charge is -2.12. The molecule has 1 aliphatic heterocycles. The second kappa shape index (κ2) is 6.38. The number of hydrogen-bond acceptors (Lipinski definition) is 4. The van der Waals surface area contributed by atoms with Crippen LogP contribution in [0.1, 0.15) is 5.56 Å². The van der Waals surface area contributed by atoms with Crippen molar-refractivity contribution >= 4 is 29.5 Å². The van der Waals surface area contributed by atoms with Gasteiger partial charge < -0.3 is 10.1 Å². The SMILES string of the molecule is O=C(Cc1ccc(Cl)cc1)OCC(=O)N1CCNC1=O. The zero-order chi connectivity index (χ0) is 14.5. The van der Waals surface area contributed by atoms with Crippen molar-refractivity contribution in [2.24, 2.45) is 0 Å². The molecule has 0 bridgehead atoms. The number of halogens is 1. The first-order valence-corrected chi connectivity index (χ1v) is 6.42. The second-order valence-corrected chi connectivity index (χ2v) is 4.68. The van der Waals surface area contributed by atoms with E-state index in [0.29, 0.717) is 18.1 Å². The average Bonchev–Trinajstić information content (AvgIpc) is 2.85. The zero-order valence-corrected chi connectivity index (χ0v) is 11.4. The fourth-order valence-electron chi connectivity index (χ4n) is 1.75. The predicted molar refractivity (Wildman–Crippen MR) is 71.2 cm³/mol. The van der Waals surface area contributed by atoms with Gasteiger partial charge in [-0.1, -0.05) is 23.7 Å². The number of carbonyl (C=O) groups excluding carboxylic acids is 3. The van der Waals surface area contributed by atoms with Crippen LogP contribution in [0.15, 0.2) is 24.3 Å². The summed E-state index contributed by atoms with van der Waals surface area (Å²) in [4.78, 5) is 35.4. The Morgan fingerprint density at radius 3 is 2.60 bits per heavy atom. The number of benzene rings is 1. The molecule has 0 atom stereocenters. The van der Waals surface area contributed by atoms with Gasteiger partial charge in [0, 0.05) is 18.1 Å². The van der Waals surface area contributed by atoms with Gasteiger partial charge in [0.25, 0.3) is 5.91 Å². The normalized spacial score (nSPS) is 14.1. The number of nitrogens with zero attached hydrogens (tertiary/aromatic N) is 1. The highest BCUT2D eigenvalue weighted by molar-refractivity contribution is 6.30. The molecule has 106 valence electrons. The number of esters is 1. The third-order valence-corrected chi connectivity index (χ3v) is 3.03. The molecule has 1 heterocycles. The Morgan fingerprint density at radius 2 is 2.00 bits per heavy atom. The first-order valence-electron chi connectivity index (χ1n) is 6.04. The van der Waals surface area contributed by atoms with Crippen LogP contribution in [0.25, 0.3) is 0 Å². The first-order chi connectivity index (χ1) is 9.56. The molecule has 2 rings (SSSR count). The van der Waals surface area contributed by atoms with Gasteiger partial charge in [-0.15, -0.1) is 0 Å². The summed E-state index contributed by atoms with van der Waals surface area (Å²) >= 11 is 5.73. The number of imide groups is 1. The predicted octanol–water partition coefficient (Wildman–Crippen LogP) is 0.977. The summed E-state index contributed by atoms with van der Waals surface area (Å²) < 4.78 is 4.86. The van der Waals surface area contributed by atoms with Gasteiger partial charge in [-0.2, -0.15) is 0 Å². The standard InChI is InChI=1S/C13H13ClN2O4/c14-10-3-1-9(2-4-10)7-12(18)20-8-11(17)16-6-5-15-13(16)19/h1-4H,5-8H2,(H,15,19). The van der Waals surface area contributed by atoms with Crippen LogP contribution in [0, 0.1) is 0 Å². The zero-order valence-electron chi connectivity index (χ0n) is 10.6.